The molecule has 2 amide bonds. The normalized spacial score (nSPS) is 10.7. The molecular weight excluding hydrogens is 406 g/mol. The van der Waals surface area contributed by atoms with E-state index in [1.165, 1.54) is 11.3 Å². The second-order valence-electron chi connectivity index (χ2n) is 6.31. The summed E-state index contributed by atoms with van der Waals surface area (Å²) in [5.74, 6) is -0.707. The second-order valence-corrected chi connectivity index (χ2v) is 7.75. The van der Waals surface area contributed by atoms with Crippen molar-refractivity contribution in [1.82, 2.24) is 15.8 Å². The van der Waals surface area contributed by atoms with Gasteiger partial charge in [-0.3, -0.25) is 20.4 Å². The Morgan fingerprint density at radius 2 is 1.76 bits per heavy atom. The van der Waals surface area contributed by atoms with Gasteiger partial charge in [-0.2, -0.15) is 0 Å². The molecule has 4 rings (SSSR count). The average Bonchev–Trinajstić information content (AvgIpc) is 3.24. The Balaban J connectivity index is 1.62. The van der Waals surface area contributed by atoms with Crippen molar-refractivity contribution in [3.8, 4) is 11.3 Å². The van der Waals surface area contributed by atoms with Crippen molar-refractivity contribution in [2.24, 2.45) is 0 Å². The number of amides is 2. The van der Waals surface area contributed by atoms with Crippen molar-refractivity contribution in [3.05, 3.63) is 87.6 Å². The molecule has 2 aromatic heterocycles. The fourth-order valence-corrected chi connectivity index (χ4v) is 3.92. The quantitative estimate of drug-likeness (QED) is 0.472. The maximum atomic E-state index is 12.9. The molecule has 29 heavy (non-hydrogen) atoms. The lowest BCUT2D eigenvalue weighted by Gasteiger charge is -2.12. The second kappa shape index (κ2) is 8.43. The number of para-hydroxylation sites is 1. The number of benzene rings is 2. The van der Waals surface area contributed by atoms with Crippen LogP contribution in [0.2, 0.25) is 5.02 Å². The number of carbonyl (C=O) groups is 2. The van der Waals surface area contributed by atoms with Gasteiger partial charge in [0.1, 0.15) is 0 Å². The number of hydrazine groups is 1. The molecule has 0 aliphatic heterocycles. The minimum absolute atomic E-state index is 0.208. The number of fused-ring (bicyclic) bond motifs is 1. The van der Waals surface area contributed by atoms with Gasteiger partial charge >= 0.3 is 0 Å². The molecule has 0 saturated heterocycles. The Bertz CT molecular complexity index is 1190. The van der Waals surface area contributed by atoms with E-state index in [2.05, 4.69) is 15.8 Å². The summed E-state index contributed by atoms with van der Waals surface area (Å²) in [6.45, 7) is 0. The summed E-state index contributed by atoms with van der Waals surface area (Å²) >= 11 is 7.81. The zero-order chi connectivity index (χ0) is 20.2. The van der Waals surface area contributed by atoms with Gasteiger partial charge in [-0.25, -0.2) is 4.98 Å². The summed E-state index contributed by atoms with van der Waals surface area (Å²) in [4.78, 5) is 30.5. The van der Waals surface area contributed by atoms with Gasteiger partial charge < -0.3 is 0 Å². The van der Waals surface area contributed by atoms with Crippen LogP contribution in [0.1, 0.15) is 15.2 Å². The first-order valence-corrected chi connectivity index (χ1v) is 10.1. The minimum atomic E-state index is -0.420. The molecule has 0 spiro atoms. The molecule has 2 N–H and O–H groups in total. The van der Waals surface area contributed by atoms with E-state index < -0.39 is 5.91 Å². The summed E-state index contributed by atoms with van der Waals surface area (Å²) in [5.41, 5.74) is 7.37. The van der Waals surface area contributed by atoms with Gasteiger partial charge in [0.05, 0.1) is 23.2 Å². The van der Waals surface area contributed by atoms with Gasteiger partial charge in [-0.15, -0.1) is 11.3 Å². The Morgan fingerprint density at radius 1 is 0.966 bits per heavy atom. The first-order chi connectivity index (χ1) is 14.1. The fraction of sp³-hybridized carbons (Fsp3) is 0.0455. The van der Waals surface area contributed by atoms with Crippen LogP contribution in [0.25, 0.3) is 22.2 Å². The Hall–Kier alpha value is -3.22. The Morgan fingerprint density at radius 3 is 2.55 bits per heavy atom. The van der Waals surface area contributed by atoms with Crippen LogP contribution in [0, 0.1) is 0 Å². The lowest BCUT2D eigenvalue weighted by atomic mass is 10.0. The summed E-state index contributed by atoms with van der Waals surface area (Å²) in [6, 6.07) is 20.1. The van der Waals surface area contributed by atoms with Crippen molar-refractivity contribution in [1.29, 1.82) is 0 Å². The molecule has 0 radical (unpaired) electrons. The molecule has 2 heterocycles. The molecule has 4 aromatic rings. The maximum Gasteiger partial charge on any atom is 0.270 e. The van der Waals surface area contributed by atoms with Crippen LogP contribution < -0.4 is 10.9 Å². The van der Waals surface area contributed by atoms with Crippen molar-refractivity contribution < 1.29 is 9.59 Å². The van der Waals surface area contributed by atoms with Crippen molar-refractivity contribution in [2.45, 2.75) is 6.42 Å². The summed E-state index contributed by atoms with van der Waals surface area (Å²) < 4.78 is 0. The van der Waals surface area contributed by atoms with Crippen LogP contribution in [-0.4, -0.2) is 16.8 Å². The third-order valence-electron chi connectivity index (χ3n) is 4.34. The maximum absolute atomic E-state index is 12.9. The number of thiophene rings is 1. The molecule has 0 bridgehead atoms. The molecule has 0 aliphatic rings. The van der Waals surface area contributed by atoms with Crippen molar-refractivity contribution in [2.75, 3.05) is 0 Å². The van der Waals surface area contributed by atoms with Crippen LogP contribution >= 0.6 is 22.9 Å². The van der Waals surface area contributed by atoms with E-state index in [0.29, 0.717) is 27.2 Å². The van der Waals surface area contributed by atoms with Crippen LogP contribution in [0.4, 0.5) is 0 Å². The molecule has 144 valence electrons. The number of nitrogens with zero attached hydrogens (tertiary/aromatic N) is 1. The van der Waals surface area contributed by atoms with Crippen LogP contribution in [0.15, 0.2) is 72.1 Å². The molecule has 0 aliphatic carbocycles. The van der Waals surface area contributed by atoms with E-state index in [1.807, 2.05) is 60.0 Å². The van der Waals surface area contributed by atoms with Gasteiger partial charge in [-0.1, -0.05) is 54.1 Å². The molecule has 7 heteroatoms. The van der Waals surface area contributed by atoms with Gasteiger partial charge in [-0.05, 0) is 29.6 Å². The number of nitrogens with one attached hydrogen (secondary N) is 2. The molecule has 0 fully saturated rings. The van der Waals surface area contributed by atoms with Crippen molar-refractivity contribution in [3.63, 3.8) is 0 Å². The third-order valence-corrected chi connectivity index (χ3v) is 5.55. The van der Waals surface area contributed by atoms with Crippen molar-refractivity contribution >= 4 is 45.7 Å². The highest BCUT2D eigenvalue weighted by molar-refractivity contribution is 7.10. The number of hydrogen-bond donors (Lipinski definition) is 2. The number of hydrogen-bond acceptors (Lipinski definition) is 4. The van der Waals surface area contributed by atoms with Crippen LogP contribution in [0.3, 0.4) is 0 Å². The number of carbonyl (C=O) groups excluding carboxylic acids is 2. The molecular formula is C22H16ClN3O2S. The summed E-state index contributed by atoms with van der Waals surface area (Å²) in [5, 5.41) is 3.14. The topological polar surface area (TPSA) is 71.1 Å². The minimum Gasteiger partial charge on any atom is -0.273 e. The fourth-order valence-electron chi connectivity index (χ4n) is 2.98. The molecule has 0 atom stereocenters. The van der Waals surface area contributed by atoms with E-state index in [0.717, 1.165) is 10.4 Å². The number of aromatic nitrogens is 1. The Kier molecular flexibility index (Phi) is 5.55. The van der Waals surface area contributed by atoms with E-state index in [4.69, 9.17) is 11.6 Å². The number of pyridine rings is 1. The smallest absolute Gasteiger partial charge is 0.270 e. The standard InChI is InChI=1S/C22H16ClN3O2S/c23-18-9-3-1-8-16(18)20-13-17(15-7-2-4-10-19(15)24-20)22(28)26-25-21(27)12-14-6-5-11-29-14/h1-11,13H,12H2,(H,25,27)(H,26,28). The SMILES string of the molecule is O=C(Cc1cccs1)NNC(=O)c1cc(-c2ccccc2Cl)nc2ccccc12. The predicted molar refractivity (Wildman–Crippen MR) is 116 cm³/mol. The first-order valence-electron chi connectivity index (χ1n) is 8.88. The highest BCUT2D eigenvalue weighted by atomic mass is 35.5. The highest BCUT2D eigenvalue weighted by Crippen LogP contribution is 2.29. The van der Waals surface area contributed by atoms with Gasteiger partial charge in [0.25, 0.3) is 5.91 Å². The zero-order valence-corrected chi connectivity index (χ0v) is 16.8. The number of rotatable bonds is 4. The lowest BCUT2D eigenvalue weighted by molar-refractivity contribution is -0.121. The monoisotopic (exact) mass is 421 g/mol. The van der Waals surface area contributed by atoms with E-state index in [9.17, 15) is 9.59 Å². The summed E-state index contributed by atoms with van der Waals surface area (Å²) in [7, 11) is 0. The van der Waals surface area contributed by atoms with Crippen LogP contribution in [-0.2, 0) is 11.2 Å². The predicted octanol–water partition coefficient (Wildman–Crippen LogP) is 4.62. The average molecular weight is 422 g/mol. The number of halogens is 1. The van der Waals surface area contributed by atoms with Gasteiger partial charge in [0.15, 0.2) is 0 Å². The zero-order valence-electron chi connectivity index (χ0n) is 15.2. The van der Waals surface area contributed by atoms with Gasteiger partial charge in [0.2, 0.25) is 5.91 Å². The van der Waals surface area contributed by atoms with E-state index in [-0.39, 0.29) is 12.3 Å². The Labute approximate surface area is 176 Å². The van der Waals surface area contributed by atoms with Gasteiger partial charge in [0, 0.05) is 20.8 Å². The summed E-state index contributed by atoms with van der Waals surface area (Å²) in [6.07, 6.45) is 0.208. The lowest BCUT2D eigenvalue weighted by Crippen LogP contribution is -2.42. The molecule has 5 nitrogen and oxygen atoms in total. The van der Waals surface area contributed by atoms with Crippen LogP contribution in [0.5, 0.6) is 0 Å². The molecule has 2 aromatic carbocycles. The van der Waals surface area contributed by atoms with E-state index in [1.54, 1.807) is 12.1 Å². The largest absolute Gasteiger partial charge is 0.273 e. The first kappa shape index (κ1) is 19.1. The third kappa shape index (κ3) is 4.29. The highest BCUT2D eigenvalue weighted by Gasteiger charge is 2.16. The van der Waals surface area contributed by atoms with E-state index >= 15 is 0 Å². The molecule has 0 unspecified atom stereocenters. The molecule has 0 saturated carbocycles.